The summed E-state index contributed by atoms with van der Waals surface area (Å²) in [5, 5.41) is 2.24. The van der Waals surface area contributed by atoms with Gasteiger partial charge in [-0.15, -0.1) is 0 Å². The van der Waals surface area contributed by atoms with Gasteiger partial charge in [0.25, 0.3) is 0 Å². The van der Waals surface area contributed by atoms with E-state index in [1.807, 2.05) is 0 Å². The molecule has 126 valence electrons. The quantitative estimate of drug-likeness (QED) is 0.900. The summed E-state index contributed by atoms with van der Waals surface area (Å²) in [6, 6.07) is 2.92. The average Bonchev–Trinajstić information content (AvgIpc) is 2.99. The van der Waals surface area contributed by atoms with Crippen LogP contribution in [0.3, 0.4) is 0 Å². The van der Waals surface area contributed by atoms with Crippen LogP contribution in [0.15, 0.2) is 18.2 Å². The lowest BCUT2D eigenvalue weighted by atomic mass is 10.1. The summed E-state index contributed by atoms with van der Waals surface area (Å²) in [5.41, 5.74) is 0.462. The fraction of sp³-hybridized carbons (Fsp3) is 0.533. The second-order valence-electron chi connectivity index (χ2n) is 6.12. The van der Waals surface area contributed by atoms with E-state index in [1.165, 1.54) is 17.0 Å². The molecule has 2 amide bonds. The predicted octanol–water partition coefficient (Wildman–Crippen LogP) is 1.34. The zero-order valence-electron chi connectivity index (χ0n) is 12.5. The van der Waals surface area contributed by atoms with Crippen molar-refractivity contribution in [2.45, 2.75) is 18.1 Å². The van der Waals surface area contributed by atoms with Crippen molar-refractivity contribution < 1.29 is 22.0 Å². The number of carbonyl (C=O) groups is 1. The molecule has 0 aromatic heterocycles. The second kappa shape index (κ2) is 6.07. The smallest absolute Gasteiger partial charge is 0.317 e. The molecule has 2 fully saturated rings. The van der Waals surface area contributed by atoms with E-state index in [9.17, 15) is 22.0 Å². The molecule has 8 heteroatoms. The lowest BCUT2D eigenvalue weighted by Crippen LogP contribution is -2.40. The molecule has 0 spiro atoms. The molecule has 0 saturated carbocycles. The van der Waals surface area contributed by atoms with Gasteiger partial charge in [0.1, 0.15) is 11.6 Å². The van der Waals surface area contributed by atoms with E-state index in [0.717, 1.165) is 6.07 Å². The van der Waals surface area contributed by atoms with Crippen LogP contribution in [0.2, 0.25) is 0 Å². The van der Waals surface area contributed by atoms with E-state index >= 15 is 0 Å². The Labute approximate surface area is 133 Å². The van der Waals surface area contributed by atoms with Gasteiger partial charge in [-0.25, -0.2) is 22.0 Å². The number of nitrogens with zero attached hydrogens (tertiary/aromatic N) is 1. The molecule has 5 nitrogen and oxygen atoms in total. The van der Waals surface area contributed by atoms with E-state index in [-0.39, 0.29) is 30.8 Å². The molecule has 2 atom stereocenters. The first-order valence-corrected chi connectivity index (χ1v) is 9.26. The molecule has 1 aromatic rings. The number of sulfone groups is 1. The molecule has 23 heavy (non-hydrogen) atoms. The van der Waals surface area contributed by atoms with Crippen molar-refractivity contribution >= 4 is 15.9 Å². The highest BCUT2D eigenvalue weighted by molar-refractivity contribution is 7.92. The maximum Gasteiger partial charge on any atom is 0.317 e. The third kappa shape index (κ3) is 3.46. The first-order valence-electron chi connectivity index (χ1n) is 7.54. The lowest BCUT2D eigenvalue weighted by molar-refractivity contribution is 0.207. The van der Waals surface area contributed by atoms with Gasteiger partial charge in [0.05, 0.1) is 11.0 Å². The summed E-state index contributed by atoms with van der Waals surface area (Å²) in [7, 11) is -3.07. The number of urea groups is 1. The van der Waals surface area contributed by atoms with Gasteiger partial charge in [-0.3, -0.25) is 0 Å². The standard InChI is InChI=1S/C15H18F2N2O3S/c16-12-5-10(6-13(17)7-12)1-3-18-15(20)19-8-11-2-4-23(21,22)14(11)9-19/h5-7,11,14H,1-4,8-9H2,(H,18,20)/t11-,14+/m0/s1. The zero-order chi connectivity index (χ0) is 16.6. The highest BCUT2D eigenvalue weighted by Crippen LogP contribution is 2.33. The molecule has 2 aliphatic rings. The Kier molecular flexibility index (Phi) is 4.27. The van der Waals surface area contributed by atoms with Gasteiger partial charge in [0, 0.05) is 25.7 Å². The Morgan fingerprint density at radius 1 is 1.22 bits per heavy atom. The predicted molar refractivity (Wildman–Crippen MR) is 80.7 cm³/mol. The van der Waals surface area contributed by atoms with Gasteiger partial charge in [0.15, 0.2) is 9.84 Å². The Balaban J connectivity index is 1.51. The van der Waals surface area contributed by atoms with Gasteiger partial charge in [-0.05, 0) is 36.5 Å². The molecule has 2 aliphatic heterocycles. The van der Waals surface area contributed by atoms with Crippen LogP contribution in [-0.2, 0) is 16.3 Å². The highest BCUT2D eigenvalue weighted by atomic mass is 32.2. The van der Waals surface area contributed by atoms with E-state index in [4.69, 9.17) is 0 Å². The van der Waals surface area contributed by atoms with Gasteiger partial charge >= 0.3 is 6.03 Å². The molecule has 2 saturated heterocycles. The van der Waals surface area contributed by atoms with Crippen molar-refractivity contribution in [3.8, 4) is 0 Å². The minimum atomic E-state index is -3.07. The zero-order valence-corrected chi connectivity index (χ0v) is 13.3. The van der Waals surface area contributed by atoms with Gasteiger partial charge in [0.2, 0.25) is 0 Å². The summed E-state index contributed by atoms with van der Waals surface area (Å²) in [4.78, 5) is 13.6. The fourth-order valence-corrected chi connectivity index (χ4v) is 5.49. The summed E-state index contributed by atoms with van der Waals surface area (Å²) >= 11 is 0. The summed E-state index contributed by atoms with van der Waals surface area (Å²) < 4.78 is 49.8. The maximum atomic E-state index is 13.1. The van der Waals surface area contributed by atoms with Crippen molar-refractivity contribution in [3.05, 3.63) is 35.4 Å². The number of amides is 2. The van der Waals surface area contributed by atoms with Gasteiger partial charge in [-0.2, -0.15) is 0 Å². The summed E-state index contributed by atoms with van der Waals surface area (Å²) in [5.74, 6) is -1.06. The van der Waals surface area contributed by atoms with Crippen LogP contribution >= 0.6 is 0 Å². The lowest BCUT2D eigenvalue weighted by Gasteiger charge is -2.18. The van der Waals surface area contributed by atoms with Crippen LogP contribution in [0, 0.1) is 17.6 Å². The van der Waals surface area contributed by atoms with Gasteiger partial charge < -0.3 is 10.2 Å². The SMILES string of the molecule is O=C(NCCc1cc(F)cc(F)c1)N1C[C@@H]2CCS(=O)(=O)[C@@H]2C1. The largest absolute Gasteiger partial charge is 0.338 e. The maximum absolute atomic E-state index is 13.1. The van der Waals surface area contributed by atoms with Crippen LogP contribution in [-0.4, -0.2) is 50.0 Å². The van der Waals surface area contributed by atoms with Gasteiger partial charge in [-0.1, -0.05) is 0 Å². The summed E-state index contributed by atoms with van der Waals surface area (Å²) in [6.07, 6.45) is 0.915. The van der Waals surface area contributed by atoms with Crippen LogP contribution in [0.5, 0.6) is 0 Å². The number of nitrogens with one attached hydrogen (secondary N) is 1. The highest BCUT2D eigenvalue weighted by Gasteiger charge is 2.47. The van der Waals surface area contributed by atoms with Crippen molar-refractivity contribution in [3.63, 3.8) is 0 Å². The Bertz CT molecular complexity index is 703. The third-order valence-electron chi connectivity index (χ3n) is 4.51. The van der Waals surface area contributed by atoms with Crippen molar-refractivity contribution in [2.75, 3.05) is 25.4 Å². The van der Waals surface area contributed by atoms with E-state index in [1.54, 1.807) is 0 Å². The molecule has 2 heterocycles. The average molecular weight is 344 g/mol. The van der Waals surface area contributed by atoms with Crippen LogP contribution < -0.4 is 5.32 Å². The number of hydrogen-bond donors (Lipinski definition) is 1. The van der Waals surface area contributed by atoms with Crippen LogP contribution in [0.4, 0.5) is 13.6 Å². The number of rotatable bonds is 3. The molecule has 1 aromatic carbocycles. The van der Waals surface area contributed by atoms with Crippen molar-refractivity contribution in [2.24, 2.45) is 5.92 Å². The first-order chi connectivity index (χ1) is 10.8. The minimum Gasteiger partial charge on any atom is -0.338 e. The topological polar surface area (TPSA) is 66.5 Å². The number of hydrogen-bond acceptors (Lipinski definition) is 3. The molecular formula is C15H18F2N2O3S. The Morgan fingerprint density at radius 2 is 1.91 bits per heavy atom. The normalized spacial score (nSPS) is 25.4. The van der Waals surface area contributed by atoms with E-state index in [0.29, 0.717) is 24.9 Å². The van der Waals surface area contributed by atoms with Crippen molar-refractivity contribution in [1.82, 2.24) is 10.2 Å². The molecule has 3 rings (SSSR count). The molecule has 0 bridgehead atoms. The Morgan fingerprint density at radius 3 is 2.57 bits per heavy atom. The molecule has 0 radical (unpaired) electrons. The van der Waals surface area contributed by atoms with E-state index in [2.05, 4.69) is 5.32 Å². The van der Waals surface area contributed by atoms with Crippen LogP contribution in [0.25, 0.3) is 0 Å². The number of carbonyl (C=O) groups excluding carboxylic acids is 1. The fourth-order valence-electron chi connectivity index (χ4n) is 3.34. The van der Waals surface area contributed by atoms with Crippen molar-refractivity contribution in [1.29, 1.82) is 0 Å². The molecule has 1 N–H and O–H groups in total. The number of halogens is 2. The van der Waals surface area contributed by atoms with E-state index < -0.39 is 26.7 Å². The number of likely N-dealkylation sites (tertiary alicyclic amines) is 1. The Hall–Kier alpha value is -1.70. The summed E-state index contributed by atoms with van der Waals surface area (Å²) in [6.45, 7) is 0.915. The molecule has 0 unspecified atom stereocenters. The molecule has 0 aliphatic carbocycles. The molecular weight excluding hydrogens is 326 g/mol. The van der Waals surface area contributed by atoms with Crippen LogP contribution in [0.1, 0.15) is 12.0 Å². The number of fused-ring (bicyclic) bond motifs is 1. The minimum absolute atomic E-state index is 0.0306. The second-order valence-corrected chi connectivity index (χ2v) is 8.46. The number of benzene rings is 1. The first kappa shape index (κ1) is 16.2. The monoisotopic (exact) mass is 344 g/mol. The third-order valence-corrected chi connectivity index (χ3v) is 6.78.